The molecule has 0 aliphatic heterocycles. The molecule has 1 aromatic carbocycles. The van der Waals surface area contributed by atoms with Gasteiger partial charge in [-0.3, -0.25) is 10.1 Å². The van der Waals surface area contributed by atoms with Gasteiger partial charge in [0.05, 0.1) is 10.5 Å². The van der Waals surface area contributed by atoms with Gasteiger partial charge in [0.15, 0.2) is 0 Å². The number of nitro groups is 1. The van der Waals surface area contributed by atoms with Crippen LogP contribution in [0.5, 0.6) is 0 Å². The second kappa shape index (κ2) is 3.82. The van der Waals surface area contributed by atoms with E-state index in [-0.39, 0.29) is 5.69 Å². The maximum atomic E-state index is 10.7. The van der Waals surface area contributed by atoms with Gasteiger partial charge in [-0.25, -0.2) is 4.98 Å². The third kappa shape index (κ3) is 1.89. The van der Waals surface area contributed by atoms with E-state index in [4.69, 9.17) is 4.42 Å². The van der Waals surface area contributed by atoms with Crippen LogP contribution in [-0.2, 0) is 0 Å². The van der Waals surface area contributed by atoms with Crippen LogP contribution in [0.15, 0.2) is 39.7 Å². The lowest BCUT2D eigenvalue weighted by atomic mass is 10.1. The van der Waals surface area contributed by atoms with Gasteiger partial charge < -0.3 is 4.42 Å². The van der Waals surface area contributed by atoms with Crippen LogP contribution in [0.3, 0.4) is 0 Å². The molecule has 0 saturated heterocycles. The first-order valence-electron chi connectivity index (χ1n) is 4.03. The Labute approximate surface area is 93.0 Å². The number of hydrogen-bond donors (Lipinski definition) is 0. The maximum absolute atomic E-state index is 10.7. The smallest absolute Gasteiger partial charge is 0.278 e. The van der Waals surface area contributed by atoms with Gasteiger partial charge in [-0.1, -0.05) is 12.1 Å². The van der Waals surface area contributed by atoms with Crippen molar-refractivity contribution in [3.63, 3.8) is 0 Å². The van der Waals surface area contributed by atoms with E-state index in [1.54, 1.807) is 18.2 Å². The predicted octanol–water partition coefficient (Wildman–Crippen LogP) is 3.01. The first-order chi connectivity index (χ1) is 7.18. The van der Waals surface area contributed by atoms with E-state index in [1.165, 1.54) is 12.3 Å². The SMILES string of the molecule is O=[N+]([O-])c1ccccc1-c1coc(Br)n1. The molecule has 6 heteroatoms. The highest BCUT2D eigenvalue weighted by molar-refractivity contribution is 9.10. The quantitative estimate of drug-likeness (QED) is 0.620. The van der Waals surface area contributed by atoms with Crippen LogP contribution in [0.25, 0.3) is 11.3 Å². The van der Waals surface area contributed by atoms with Crippen LogP contribution in [0, 0.1) is 10.1 Å². The van der Waals surface area contributed by atoms with Crippen LogP contribution >= 0.6 is 15.9 Å². The lowest BCUT2D eigenvalue weighted by Crippen LogP contribution is -1.91. The molecule has 0 saturated carbocycles. The van der Waals surface area contributed by atoms with Crippen molar-refractivity contribution < 1.29 is 9.34 Å². The molecule has 0 amide bonds. The Hall–Kier alpha value is -1.69. The van der Waals surface area contributed by atoms with Crippen LogP contribution < -0.4 is 0 Å². The topological polar surface area (TPSA) is 69.2 Å². The average molecular weight is 269 g/mol. The molecule has 0 spiro atoms. The fraction of sp³-hybridized carbons (Fsp3) is 0. The van der Waals surface area contributed by atoms with Gasteiger partial charge in [0, 0.05) is 22.0 Å². The molecule has 0 unspecified atom stereocenters. The molecular weight excluding hydrogens is 264 g/mol. The normalized spacial score (nSPS) is 10.2. The molecule has 1 heterocycles. The minimum absolute atomic E-state index is 0.0123. The Bertz CT molecular complexity index is 510. The van der Waals surface area contributed by atoms with Crippen molar-refractivity contribution in [2.75, 3.05) is 0 Å². The van der Waals surface area contributed by atoms with Gasteiger partial charge >= 0.3 is 0 Å². The summed E-state index contributed by atoms with van der Waals surface area (Å²) >= 11 is 3.04. The molecule has 0 aliphatic carbocycles. The van der Waals surface area contributed by atoms with Crippen LogP contribution in [0.2, 0.25) is 0 Å². The highest BCUT2D eigenvalue weighted by Gasteiger charge is 2.16. The maximum Gasteiger partial charge on any atom is 0.278 e. The van der Waals surface area contributed by atoms with Gasteiger partial charge in [0.2, 0.25) is 0 Å². The van der Waals surface area contributed by atoms with Crippen molar-refractivity contribution in [1.29, 1.82) is 0 Å². The third-order valence-corrected chi connectivity index (χ3v) is 2.22. The number of nitro benzene ring substituents is 1. The largest absolute Gasteiger partial charge is 0.439 e. The molecule has 0 radical (unpaired) electrons. The van der Waals surface area contributed by atoms with E-state index in [1.807, 2.05) is 0 Å². The number of benzene rings is 1. The molecule has 0 aliphatic rings. The number of aromatic nitrogens is 1. The van der Waals surface area contributed by atoms with Crippen molar-refractivity contribution in [2.24, 2.45) is 0 Å². The standard InChI is InChI=1S/C9H5BrN2O3/c10-9-11-7(5-15-9)6-3-1-2-4-8(6)12(13)14/h1-5H. The number of halogens is 1. The van der Waals surface area contributed by atoms with E-state index >= 15 is 0 Å². The van der Waals surface area contributed by atoms with Crippen molar-refractivity contribution in [2.45, 2.75) is 0 Å². The average Bonchev–Trinajstić information content (AvgIpc) is 2.65. The zero-order valence-electron chi connectivity index (χ0n) is 7.38. The number of oxazole rings is 1. The lowest BCUT2D eigenvalue weighted by Gasteiger charge is -1.96. The van der Waals surface area contributed by atoms with Crippen molar-refractivity contribution in [1.82, 2.24) is 4.98 Å². The van der Waals surface area contributed by atoms with Gasteiger partial charge in [0.1, 0.15) is 12.0 Å². The highest BCUT2D eigenvalue weighted by Crippen LogP contribution is 2.29. The minimum Gasteiger partial charge on any atom is -0.439 e. The van der Waals surface area contributed by atoms with Crippen molar-refractivity contribution in [3.05, 3.63) is 45.4 Å². The second-order valence-electron chi connectivity index (χ2n) is 2.76. The molecule has 15 heavy (non-hydrogen) atoms. The summed E-state index contributed by atoms with van der Waals surface area (Å²) < 4.78 is 4.94. The highest BCUT2D eigenvalue weighted by atomic mass is 79.9. The monoisotopic (exact) mass is 268 g/mol. The zero-order chi connectivity index (χ0) is 10.8. The van der Waals surface area contributed by atoms with E-state index in [0.717, 1.165) is 0 Å². The molecule has 5 nitrogen and oxygen atoms in total. The van der Waals surface area contributed by atoms with Crippen molar-refractivity contribution in [3.8, 4) is 11.3 Å². The number of nitrogens with zero attached hydrogens (tertiary/aromatic N) is 2. The summed E-state index contributed by atoms with van der Waals surface area (Å²) in [5, 5.41) is 10.7. The number of para-hydroxylation sites is 1. The summed E-state index contributed by atoms with van der Waals surface area (Å²) in [6, 6.07) is 6.38. The Kier molecular flexibility index (Phi) is 2.51. The van der Waals surface area contributed by atoms with Crippen molar-refractivity contribution >= 4 is 21.6 Å². The zero-order valence-corrected chi connectivity index (χ0v) is 8.97. The van der Waals surface area contributed by atoms with Gasteiger partial charge in [0.25, 0.3) is 10.5 Å². The molecule has 0 N–H and O–H groups in total. The number of hydrogen-bond acceptors (Lipinski definition) is 4. The van der Waals surface area contributed by atoms with E-state index in [9.17, 15) is 10.1 Å². The molecule has 76 valence electrons. The first-order valence-corrected chi connectivity index (χ1v) is 4.82. The number of rotatable bonds is 2. The Morgan fingerprint density at radius 3 is 2.73 bits per heavy atom. The summed E-state index contributed by atoms with van der Waals surface area (Å²) in [7, 11) is 0. The van der Waals surface area contributed by atoms with Gasteiger partial charge in [-0.15, -0.1) is 0 Å². The molecule has 1 aromatic heterocycles. The lowest BCUT2D eigenvalue weighted by molar-refractivity contribution is -0.384. The fourth-order valence-corrected chi connectivity index (χ4v) is 1.51. The fourth-order valence-electron chi connectivity index (χ4n) is 1.22. The molecule has 0 atom stereocenters. The minimum atomic E-state index is -0.447. The Morgan fingerprint density at radius 2 is 2.13 bits per heavy atom. The third-order valence-electron chi connectivity index (χ3n) is 1.85. The first kappa shape index (κ1) is 9.85. The van der Waals surface area contributed by atoms with Crippen LogP contribution in [0.4, 0.5) is 5.69 Å². The van der Waals surface area contributed by atoms with E-state index < -0.39 is 4.92 Å². The Morgan fingerprint density at radius 1 is 1.40 bits per heavy atom. The summed E-state index contributed by atoms with van der Waals surface area (Å²) in [4.78, 5) is 14.6. The predicted molar refractivity (Wildman–Crippen MR) is 56.3 cm³/mol. The molecule has 0 fully saturated rings. The molecule has 2 rings (SSSR count). The van der Waals surface area contributed by atoms with Gasteiger partial charge in [-0.2, -0.15) is 0 Å². The summed E-state index contributed by atoms with van der Waals surface area (Å²) in [6.45, 7) is 0. The van der Waals surface area contributed by atoms with E-state index in [2.05, 4.69) is 20.9 Å². The Balaban J connectivity index is 2.57. The van der Waals surface area contributed by atoms with E-state index in [0.29, 0.717) is 16.1 Å². The van der Waals surface area contributed by atoms with Crippen LogP contribution in [-0.4, -0.2) is 9.91 Å². The second-order valence-corrected chi connectivity index (χ2v) is 3.44. The molecular formula is C9H5BrN2O3. The molecule has 0 bridgehead atoms. The summed E-state index contributed by atoms with van der Waals surface area (Å²) in [5.41, 5.74) is 0.893. The van der Waals surface area contributed by atoms with Gasteiger partial charge in [-0.05, 0) is 6.07 Å². The molecule has 2 aromatic rings. The van der Waals surface area contributed by atoms with Crippen LogP contribution in [0.1, 0.15) is 0 Å². The summed E-state index contributed by atoms with van der Waals surface area (Å²) in [6.07, 6.45) is 1.37. The summed E-state index contributed by atoms with van der Waals surface area (Å²) in [5.74, 6) is 0.